The number of rotatable bonds is 3. The molecule has 0 bridgehead atoms. The fourth-order valence-corrected chi connectivity index (χ4v) is 0.712. The highest BCUT2D eigenvalue weighted by Crippen LogP contribution is 1.96. The van der Waals surface area contributed by atoms with Gasteiger partial charge >= 0.3 is 0 Å². The van der Waals surface area contributed by atoms with E-state index >= 15 is 0 Å². The Labute approximate surface area is 70.2 Å². The lowest BCUT2D eigenvalue weighted by Gasteiger charge is -2.01. The first-order valence-corrected chi connectivity index (χ1v) is 3.53. The van der Waals surface area contributed by atoms with Crippen molar-refractivity contribution < 1.29 is 4.79 Å². The van der Waals surface area contributed by atoms with E-state index in [1.165, 1.54) is 6.33 Å². The minimum Gasteiger partial charge on any atom is -0.311 e. The van der Waals surface area contributed by atoms with Crippen LogP contribution in [0.4, 0.5) is 5.82 Å². The molecule has 1 amide bonds. The summed E-state index contributed by atoms with van der Waals surface area (Å²) in [6.07, 6.45) is 2.96. The van der Waals surface area contributed by atoms with Gasteiger partial charge in [-0.25, -0.2) is 9.97 Å². The van der Waals surface area contributed by atoms with E-state index in [0.717, 1.165) is 0 Å². The summed E-state index contributed by atoms with van der Waals surface area (Å²) in [6.45, 7) is 0.282. The molecule has 0 saturated carbocycles. The fourth-order valence-electron chi connectivity index (χ4n) is 0.712. The smallest absolute Gasteiger partial charge is 0.239 e. The third-order valence-corrected chi connectivity index (χ3v) is 1.19. The van der Waals surface area contributed by atoms with E-state index in [9.17, 15) is 4.79 Å². The van der Waals surface area contributed by atoms with Crippen LogP contribution in [-0.4, -0.2) is 29.5 Å². The van der Waals surface area contributed by atoms with Crippen molar-refractivity contribution in [2.45, 2.75) is 0 Å². The van der Waals surface area contributed by atoms with Gasteiger partial charge in [-0.15, -0.1) is 0 Å². The number of likely N-dealkylation sites (N-methyl/N-ethyl adjacent to an activating group) is 1. The van der Waals surface area contributed by atoms with Crippen molar-refractivity contribution in [2.24, 2.45) is 0 Å². The Balaban J connectivity index is 2.47. The quantitative estimate of drug-likeness (QED) is 0.643. The van der Waals surface area contributed by atoms with Crippen LogP contribution in [0.1, 0.15) is 0 Å². The average Bonchev–Trinajstić information content (AvgIpc) is 2.06. The molecule has 2 N–H and O–H groups in total. The summed E-state index contributed by atoms with van der Waals surface area (Å²) in [4.78, 5) is 18.5. The van der Waals surface area contributed by atoms with Gasteiger partial charge in [0, 0.05) is 6.20 Å². The lowest BCUT2D eigenvalue weighted by atomic mass is 10.5. The summed E-state index contributed by atoms with van der Waals surface area (Å²) in [5.41, 5.74) is 0. The van der Waals surface area contributed by atoms with Gasteiger partial charge in [0.2, 0.25) is 5.91 Å². The highest BCUT2D eigenvalue weighted by molar-refractivity contribution is 5.91. The Morgan fingerprint density at radius 3 is 3.08 bits per heavy atom. The molecule has 1 aromatic rings. The van der Waals surface area contributed by atoms with Crippen molar-refractivity contribution in [3.63, 3.8) is 0 Å². The van der Waals surface area contributed by atoms with E-state index in [2.05, 4.69) is 20.6 Å². The van der Waals surface area contributed by atoms with Crippen LogP contribution in [0, 0.1) is 0 Å². The monoisotopic (exact) mass is 166 g/mol. The lowest BCUT2D eigenvalue weighted by molar-refractivity contribution is -0.115. The van der Waals surface area contributed by atoms with Gasteiger partial charge in [0.15, 0.2) is 0 Å². The van der Waals surface area contributed by atoms with E-state index in [4.69, 9.17) is 0 Å². The number of anilines is 1. The maximum absolute atomic E-state index is 11.0. The Morgan fingerprint density at radius 1 is 1.67 bits per heavy atom. The molecule has 0 spiro atoms. The molecule has 1 aromatic heterocycles. The van der Waals surface area contributed by atoms with Crippen molar-refractivity contribution in [2.75, 3.05) is 18.9 Å². The molecule has 0 aliphatic carbocycles. The molecule has 5 heteroatoms. The highest BCUT2D eigenvalue weighted by Gasteiger charge is 1.99. The van der Waals surface area contributed by atoms with Crippen LogP contribution in [0.25, 0.3) is 0 Å². The van der Waals surface area contributed by atoms with Crippen molar-refractivity contribution in [1.82, 2.24) is 15.3 Å². The Kier molecular flexibility index (Phi) is 3.16. The number of hydrogen-bond acceptors (Lipinski definition) is 4. The van der Waals surface area contributed by atoms with Gasteiger partial charge in [-0.05, 0) is 13.1 Å². The van der Waals surface area contributed by atoms with Crippen molar-refractivity contribution in [3.8, 4) is 0 Å². The van der Waals surface area contributed by atoms with Crippen LogP contribution >= 0.6 is 0 Å². The van der Waals surface area contributed by atoms with Crippen LogP contribution in [0.15, 0.2) is 18.6 Å². The van der Waals surface area contributed by atoms with E-state index in [1.807, 2.05) is 0 Å². The normalized spacial score (nSPS) is 9.42. The SMILES string of the molecule is CNCC(=O)Nc1ccncn1. The standard InChI is InChI=1S/C7H10N4O/c1-8-4-7(12)11-6-2-3-9-5-10-6/h2-3,5,8H,4H2,1H3,(H,9,10,11,12). The number of nitrogens with one attached hydrogen (secondary N) is 2. The number of aromatic nitrogens is 2. The summed E-state index contributed by atoms with van der Waals surface area (Å²) in [7, 11) is 1.71. The zero-order valence-electron chi connectivity index (χ0n) is 6.74. The van der Waals surface area contributed by atoms with E-state index < -0.39 is 0 Å². The van der Waals surface area contributed by atoms with Gasteiger partial charge in [-0.3, -0.25) is 4.79 Å². The second kappa shape index (κ2) is 4.40. The number of hydrogen-bond donors (Lipinski definition) is 2. The molecular formula is C7H10N4O. The Bertz CT molecular complexity index is 249. The van der Waals surface area contributed by atoms with Crippen LogP contribution in [-0.2, 0) is 4.79 Å². The molecular weight excluding hydrogens is 156 g/mol. The van der Waals surface area contributed by atoms with Gasteiger partial charge in [-0.1, -0.05) is 0 Å². The molecule has 64 valence electrons. The molecule has 0 radical (unpaired) electrons. The van der Waals surface area contributed by atoms with Gasteiger partial charge in [0.05, 0.1) is 6.54 Å². The van der Waals surface area contributed by atoms with Crippen LogP contribution < -0.4 is 10.6 Å². The lowest BCUT2D eigenvalue weighted by Crippen LogP contribution is -2.25. The molecule has 0 saturated heterocycles. The maximum Gasteiger partial charge on any atom is 0.239 e. The molecule has 0 aliphatic heterocycles. The molecule has 0 unspecified atom stereocenters. The third-order valence-electron chi connectivity index (χ3n) is 1.19. The van der Waals surface area contributed by atoms with Gasteiger partial charge < -0.3 is 10.6 Å². The van der Waals surface area contributed by atoms with E-state index in [-0.39, 0.29) is 12.5 Å². The third kappa shape index (κ3) is 2.63. The van der Waals surface area contributed by atoms with Crippen molar-refractivity contribution in [1.29, 1.82) is 0 Å². The predicted molar refractivity (Wildman–Crippen MR) is 44.6 cm³/mol. The molecule has 1 rings (SSSR count). The second-order valence-electron chi connectivity index (χ2n) is 2.17. The van der Waals surface area contributed by atoms with Crippen molar-refractivity contribution >= 4 is 11.7 Å². The molecule has 0 aromatic carbocycles. The summed E-state index contributed by atoms with van der Waals surface area (Å²) < 4.78 is 0. The van der Waals surface area contributed by atoms with Gasteiger partial charge in [0.25, 0.3) is 0 Å². The number of carbonyl (C=O) groups excluding carboxylic acids is 1. The maximum atomic E-state index is 11.0. The molecule has 0 aliphatic rings. The van der Waals surface area contributed by atoms with Crippen LogP contribution in [0.5, 0.6) is 0 Å². The average molecular weight is 166 g/mol. The zero-order chi connectivity index (χ0) is 8.81. The first-order valence-electron chi connectivity index (χ1n) is 3.53. The first-order chi connectivity index (χ1) is 5.83. The number of carbonyl (C=O) groups is 1. The van der Waals surface area contributed by atoms with E-state index in [1.54, 1.807) is 19.3 Å². The topological polar surface area (TPSA) is 66.9 Å². The Hall–Kier alpha value is -1.49. The largest absolute Gasteiger partial charge is 0.311 e. The molecule has 0 atom stereocenters. The molecule has 0 fully saturated rings. The highest BCUT2D eigenvalue weighted by atomic mass is 16.1. The first kappa shape index (κ1) is 8.61. The molecule has 1 heterocycles. The zero-order valence-corrected chi connectivity index (χ0v) is 6.74. The fraction of sp³-hybridized carbons (Fsp3) is 0.286. The van der Waals surface area contributed by atoms with E-state index in [0.29, 0.717) is 5.82 Å². The summed E-state index contributed by atoms with van der Waals surface area (Å²) in [6, 6.07) is 1.63. The van der Waals surface area contributed by atoms with Gasteiger partial charge in [0.1, 0.15) is 12.1 Å². The Morgan fingerprint density at radius 2 is 2.50 bits per heavy atom. The van der Waals surface area contributed by atoms with Crippen LogP contribution in [0.3, 0.4) is 0 Å². The number of amides is 1. The predicted octanol–water partition coefficient (Wildman–Crippen LogP) is -0.366. The van der Waals surface area contributed by atoms with Gasteiger partial charge in [-0.2, -0.15) is 0 Å². The molecule has 12 heavy (non-hydrogen) atoms. The summed E-state index contributed by atoms with van der Waals surface area (Å²) in [5.74, 6) is 0.404. The minimum atomic E-state index is -0.115. The summed E-state index contributed by atoms with van der Waals surface area (Å²) >= 11 is 0. The van der Waals surface area contributed by atoms with Crippen LogP contribution in [0.2, 0.25) is 0 Å². The minimum absolute atomic E-state index is 0.115. The van der Waals surface area contributed by atoms with Crippen molar-refractivity contribution in [3.05, 3.63) is 18.6 Å². The molecule has 5 nitrogen and oxygen atoms in total. The number of nitrogens with zero attached hydrogens (tertiary/aromatic N) is 2. The summed E-state index contributed by atoms with van der Waals surface area (Å²) in [5, 5.41) is 5.32. The second-order valence-corrected chi connectivity index (χ2v) is 2.17.